The Morgan fingerprint density at radius 3 is 2.33 bits per heavy atom. The van der Waals surface area contributed by atoms with Crippen LogP contribution in [0.5, 0.6) is 5.75 Å². The van der Waals surface area contributed by atoms with Crippen molar-refractivity contribution in [3.63, 3.8) is 0 Å². The monoisotopic (exact) mass is 330 g/mol. The fraction of sp³-hybridized carbons (Fsp3) is 0.222. The molecule has 0 aliphatic heterocycles. The smallest absolute Gasteiger partial charge is 0.224 e. The molecule has 0 aliphatic carbocycles. The van der Waals surface area contributed by atoms with Gasteiger partial charge in [0.25, 0.3) is 0 Å². The number of methoxy groups -OCH3 is 1. The predicted octanol–water partition coefficient (Wildman–Crippen LogP) is 2.65. The van der Waals surface area contributed by atoms with Gasteiger partial charge in [0.15, 0.2) is 11.6 Å². The van der Waals surface area contributed by atoms with Crippen LogP contribution in [0.3, 0.4) is 0 Å². The molecule has 2 amide bonds. The summed E-state index contributed by atoms with van der Waals surface area (Å²) in [5.74, 6) is -0.678. The van der Waals surface area contributed by atoms with E-state index in [1.54, 1.807) is 18.2 Å². The van der Waals surface area contributed by atoms with Crippen LogP contribution in [0.15, 0.2) is 42.5 Å². The van der Waals surface area contributed by atoms with Crippen molar-refractivity contribution in [3.8, 4) is 5.75 Å². The van der Waals surface area contributed by atoms with Crippen molar-refractivity contribution in [2.24, 2.45) is 0 Å². The van der Waals surface area contributed by atoms with E-state index in [1.807, 2.05) is 12.1 Å². The number of ether oxygens (including phenoxy) is 1. The Kier molecular flexibility index (Phi) is 5.89. The minimum absolute atomic E-state index is 0.0882. The third kappa shape index (κ3) is 5.08. The number of benzene rings is 2. The Balaban J connectivity index is 1.86. The number of carbonyl (C=O) groups excluding carboxylic acids is 2. The fourth-order valence-corrected chi connectivity index (χ4v) is 2.18. The highest BCUT2D eigenvalue weighted by Gasteiger charge is 2.08. The van der Waals surface area contributed by atoms with E-state index in [4.69, 9.17) is 4.74 Å². The van der Waals surface area contributed by atoms with Crippen molar-refractivity contribution in [1.82, 2.24) is 5.32 Å². The number of hydrogen-bond donors (Lipinski definition) is 2. The van der Waals surface area contributed by atoms with E-state index in [1.165, 1.54) is 26.2 Å². The molecule has 0 radical (unpaired) electrons. The third-order valence-electron chi connectivity index (χ3n) is 3.34. The quantitative estimate of drug-likeness (QED) is 0.856. The van der Waals surface area contributed by atoms with E-state index in [-0.39, 0.29) is 24.0 Å². The van der Waals surface area contributed by atoms with Crippen LogP contribution in [0.1, 0.15) is 18.1 Å². The summed E-state index contributed by atoms with van der Waals surface area (Å²) in [6, 6.07) is 11.6. The molecule has 0 fully saturated rings. The van der Waals surface area contributed by atoms with Crippen LogP contribution in [0.4, 0.5) is 10.1 Å². The number of carbonyl (C=O) groups is 2. The topological polar surface area (TPSA) is 67.4 Å². The Morgan fingerprint density at radius 2 is 1.75 bits per heavy atom. The van der Waals surface area contributed by atoms with Gasteiger partial charge in [-0.2, -0.15) is 0 Å². The van der Waals surface area contributed by atoms with Gasteiger partial charge in [-0.3, -0.25) is 9.59 Å². The van der Waals surface area contributed by atoms with Gasteiger partial charge in [0, 0.05) is 19.2 Å². The molecule has 2 N–H and O–H groups in total. The SMILES string of the molecule is COc1ccc(CC(=O)NCc2ccc(NC(C)=O)cc2)cc1F. The van der Waals surface area contributed by atoms with Crippen LogP contribution in [0.2, 0.25) is 0 Å². The molecule has 0 unspecified atom stereocenters. The molecule has 2 rings (SSSR count). The van der Waals surface area contributed by atoms with Gasteiger partial charge in [0.05, 0.1) is 13.5 Å². The maximum Gasteiger partial charge on any atom is 0.224 e. The largest absolute Gasteiger partial charge is 0.494 e. The maximum absolute atomic E-state index is 13.6. The number of nitrogens with one attached hydrogen (secondary N) is 2. The van der Waals surface area contributed by atoms with Crippen molar-refractivity contribution in [1.29, 1.82) is 0 Å². The standard InChI is InChI=1S/C18H19FN2O3/c1-12(22)21-15-6-3-13(4-7-15)11-20-18(23)10-14-5-8-17(24-2)16(19)9-14/h3-9H,10-11H2,1-2H3,(H,20,23)(H,21,22). The van der Waals surface area contributed by atoms with Crippen LogP contribution < -0.4 is 15.4 Å². The molecule has 0 atom stereocenters. The number of rotatable bonds is 6. The molecule has 2 aromatic carbocycles. The summed E-state index contributed by atoms with van der Waals surface area (Å²) < 4.78 is 18.4. The summed E-state index contributed by atoms with van der Waals surface area (Å²) in [7, 11) is 1.39. The van der Waals surface area contributed by atoms with Crippen molar-refractivity contribution < 1.29 is 18.7 Å². The maximum atomic E-state index is 13.6. The van der Waals surface area contributed by atoms with Crippen molar-refractivity contribution in [3.05, 3.63) is 59.4 Å². The molecule has 5 nitrogen and oxygen atoms in total. The molecule has 0 spiro atoms. The van der Waals surface area contributed by atoms with Crippen LogP contribution in [0, 0.1) is 5.82 Å². The van der Waals surface area contributed by atoms with Crippen LogP contribution in [-0.2, 0) is 22.6 Å². The van der Waals surface area contributed by atoms with E-state index in [9.17, 15) is 14.0 Å². The Morgan fingerprint density at radius 1 is 1.08 bits per heavy atom. The normalized spacial score (nSPS) is 10.1. The summed E-state index contributed by atoms with van der Waals surface area (Å²) in [5, 5.41) is 5.45. The molecule has 0 aliphatic rings. The second kappa shape index (κ2) is 8.10. The highest BCUT2D eigenvalue weighted by atomic mass is 19.1. The Hall–Kier alpha value is -2.89. The molecule has 24 heavy (non-hydrogen) atoms. The van der Waals surface area contributed by atoms with Crippen molar-refractivity contribution >= 4 is 17.5 Å². The van der Waals surface area contributed by atoms with E-state index in [2.05, 4.69) is 10.6 Å². The predicted molar refractivity (Wildman–Crippen MR) is 89.2 cm³/mol. The lowest BCUT2D eigenvalue weighted by Gasteiger charge is -2.08. The minimum Gasteiger partial charge on any atom is -0.494 e. The summed E-state index contributed by atoms with van der Waals surface area (Å²) in [6.45, 7) is 1.80. The van der Waals surface area contributed by atoms with Crippen molar-refractivity contribution in [2.45, 2.75) is 19.9 Å². The Bertz CT molecular complexity index is 730. The van der Waals surface area contributed by atoms with Crippen LogP contribution in [0.25, 0.3) is 0 Å². The number of halogens is 1. The molecular weight excluding hydrogens is 311 g/mol. The van der Waals surface area contributed by atoms with Gasteiger partial charge in [-0.05, 0) is 35.4 Å². The second-order valence-corrected chi connectivity index (χ2v) is 5.30. The molecule has 0 bridgehead atoms. The molecule has 0 saturated carbocycles. The lowest BCUT2D eigenvalue weighted by Crippen LogP contribution is -2.24. The van der Waals surface area contributed by atoms with Gasteiger partial charge in [0.2, 0.25) is 11.8 Å². The number of hydrogen-bond acceptors (Lipinski definition) is 3. The zero-order valence-corrected chi connectivity index (χ0v) is 13.6. The first-order valence-corrected chi connectivity index (χ1v) is 7.43. The highest BCUT2D eigenvalue weighted by molar-refractivity contribution is 5.88. The zero-order chi connectivity index (χ0) is 17.5. The third-order valence-corrected chi connectivity index (χ3v) is 3.34. The zero-order valence-electron chi connectivity index (χ0n) is 13.6. The summed E-state index contributed by atoms with van der Waals surface area (Å²) >= 11 is 0. The van der Waals surface area contributed by atoms with Gasteiger partial charge < -0.3 is 15.4 Å². The fourth-order valence-electron chi connectivity index (χ4n) is 2.18. The molecule has 0 aromatic heterocycles. The molecular formula is C18H19FN2O3. The van der Waals surface area contributed by atoms with Crippen molar-refractivity contribution in [2.75, 3.05) is 12.4 Å². The van der Waals surface area contributed by atoms with Gasteiger partial charge >= 0.3 is 0 Å². The number of anilines is 1. The molecule has 126 valence electrons. The first kappa shape index (κ1) is 17.5. The summed E-state index contributed by atoms with van der Waals surface area (Å²) in [4.78, 5) is 22.9. The molecule has 2 aromatic rings. The average Bonchev–Trinajstić information content (AvgIpc) is 2.54. The molecule has 6 heteroatoms. The van der Waals surface area contributed by atoms with Gasteiger partial charge in [-0.15, -0.1) is 0 Å². The first-order valence-electron chi connectivity index (χ1n) is 7.43. The van der Waals surface area contributed by atoms with E-state index in [0.29, 0.717) is 17.8 Å². The van der Waals surface area contributed by atoms with Crippen LogP contribution in [-0.4, -0.2) is 18.9 Å². The van der Waals surface area contributed by atoms with E-state index >= 15 is 0 Å². The second-order valence-electron chi connectivity index (χ2n) is 5.30. The average molecular weight is 330 g/mol. The van der Waals surface area contributed by atoms with Gasteiger partial charge in [0.1, 0.15) is 0 Å². The van der Waals surface area contributed by atoms with Gasteiger partial charge in [-0.1, -0.05) is 18.2 Å². The lowest BCUT2D eigenvalue weighted by atomic mass is 10.1. The first-order chi connectivity index (χ1) is 11.5. The lowest BCUT2D eigenvalue weighted by molar-refractivity contribution is -0.120. The van der Waals surface area contributed by atoms with E-state index in [0.717, 1.165) is 5.56 Å². The summed E-state index contributed by atoms with van der Waals surface area (Å²) in [5.41, 5.74) is 2.18. The summed E-state index contributed by atoms with van der Waals surface area (Å²) in [6.07, 6.45) is 0.0882. The Labute approximate surface area is 139 Å². The van der Waals surface area contributed by atoms with Crippen LogP contribution >= 0.6 is 0 Å². The highest BCUT2D eigenvalue weighted by Crippen LogP contribution is 2.18. The van der Waals surface area contributed by atoms with E-state index < -0.39 is 5.82 Å². The van der Waals surface area contributed by atoms with Gasteiger partial charge in [-0.25, -0.2) is 4.39 Å². The molecule has 0 heterocycles. The number of amides is 2. The molecule has 0 saturated heterocycles. The minimum atomic E-state index is -0.489.